The van der Waals surface area contributed by atoms with Crippen LogP contribution in [-0.4, -0.2) is 23.9 Å². The van der Waals surface area contributed by atoms with E-state index in [1.165, 1.54) is 4.90 Å². The van der Waals surface area contributed by atoms with Crippen molar-refractivity contribution in [2.75, 3.05) is 7.05 Å². The molecule has 0 aliphatic carbocycles. The third kappa shape index (κ3) is 1.74. The van der Waals surface area contributed by atoms with E-state index < -0.39 is 6.04 Å². The number of halogens is 1. The maximum atomic E-state index is 11.5. The van der Waals surface area contributed by atoms with Crippen molar-refractivity contribution >= 4 is 27.9 Å². The second-order valence-electron chi connectivity index (χ2n) is 3.36. The number of carbonyl (C=O) groups excluding carboxylic acids is 2. The average molecular weight is 269 g/mol. The fourth-order valence-electron chi connectivity index (χ4n) is 1.58. The third-order valence-electron chi connectivity index (χ3n) is 2.37. The number of likely N-dealkylation sites (N-methyl/N-ethyl adjacent to an activating group) is 1. The zero-order valence-corrected chi connectivity index (χ0v) is 9.61. The predicted molar refractivity (Wildman–Crippen MR) is 58.2 cm³/mol. The lowest BCUT2D eigenvalue weighted by Crippen LogP contribution is -2.25. The van der Waals surface area contributed by atoms with Gasteiger partial charge in [-0.25, -0.2) is 4.79 Å². The van der Waals surface area contributed by atoms with Gasteiger partial charge in [0.05, 0.1) is 0 Å². The second-order valence-corrected chi connectivity index (χ2v) is 4.28. The zero-order chi connectivity index (χ0) is 11.0. The van der Waals surface area contributed by atoms with Crippen LogP contribution in [0.2, 0.25) is 0 Å². The van der Waals surface area contributed by atoms with E-state index in [4.69, 9.17) is 0 Å². The van der Waals surface area contributed by atoms with Crippen molar-refractivity contribution in [1.29, 1.82) is 0 Å². The molecule has 78 valence electrons. The maximum Gasteiger partial charge on any atom is 0.324 e. The fourth-order valence-corrected chi connectivity index (χ4v) is 1.84. The van der Waals surface area contributed by atoms with Gasteiger partial charge in [0.15, 0.2) is 0 Å². The van der Waals surface area contributed by atoms with E-state index in [0.29, 0.717) is 0 Å². The van der Waals surface area contributed by atoms with Crippen molar-refractivity contribution in [3.8, 4) is 0 Å². The Kier molecular flexibility index (Phi) is 2.48. The van der Waals surface area contributed by atoms with Gasteiger partial charge < -0.3 is 4.90 Å². The van der Waals surface area contributed by atoms with Gasteiger partial charge in [-0.1, -0.05) is 28.1 Å². The summed E-state index contributed by atoms with van der Waals surface area (Å²) in [5.74, 6) is -0.273. The summed E-state index contributed by atoms with van der Waals surface area (Å²) in [6.07, 6.45) is 0. The molecule has 1 saturated heterocycles. The second kappa shape index (κ2) is 3.66. The molecule has 1 aliphatic rings. The molecule has 5 heteroatoms. The van der Waals surface area contributed by atoms with E-state index in [0.717, 1.165) is 10.0 Å². The molecular weight excluding hydrogens is 260 g/mol. The molecule has 0 radical (unpaired) electrons. The number of amides is 3. The first kappa shape index (κ1) is 10.2. The molecule has 0 spiro atoms. The van der Waals surface area contributed by atoms with Crippen LogP contribution in [0.3, 0.4) is 0 Å². The summed E-state index contributed by atoms with van der Waals surface area (Å²) in [5, 5.41) is 2.27. The molecule has 1 aliphatic heterocycles. The van der Waals surface area contributed by atoms with Crippen LogP contribution in [0.4, 0.5) is 4.79 Å². The highest BCUT2D eigenvalue weighted by Gasteiger charge is 2.36. The van der Waals surface area contributed by atoms with E-state index >= 15 is 0 Å². The van der Waals surface area contributed by atoms with Gasteiger partial charge in [0, 0.05) is 11.5 Å². The molecule has 1 N–H and O–H groups in total. The largest absolute Gasteiger partial charge is 0.324 e. The highest BCUT2D eigenvalue weighted by Crippen LogP contribution is 2.25. The molecule has 0 bridgehead atoms. The molecule has 1 aromatic rings. The number of nitrogens with zero attached hydrogens (tertiary/aromatic N) is 1. The van der Waals surface area contributed by atoms with Crippen LogP contribution in [0.5, 0.6) is 0 Å². The van der Waals surface area contributed by atoms with Crippen LogP contribution in [0.1, 0.15) is 11.6 Å². The quantitative estimate of drug-likeness (QED) is 0.788. The molecule has 15 heavy (non-hydrogen) atoms. The zero-order valence-electron chi connectivity index (χ0n) is 8.03. The molecule has 1 unspecified atom stereocenters. The number of nitrogens with one attached hydrogen (secondary N) is 1. The SMILES string of the molecule is CN1C(=O)NC(=O)C1c1ccc(Br)cc1. The minimum absolute atomic E-state index is 0.273. The van der Waals surface area contributed by atoms with Gasteiger partial charge in [0.2, 0.25) is 0 Å². The fraction of sp³-hybridized carbons (Fsp3) is 0.200. The Labute approximate surface area is 95.4 Å². The minimum Gasteiger partial charge on any atom is -0.311 e. The average Bonchev–Trinajstić information content (AvgIpc) is 2.44. The van der Waals surface area contributed by atoms with Crippen molar-refractivity contribution in [3.63, 3.8) is 0 Å². The number of hydrogen-bond acceptors (Lipinski definition) is 2. The lowest BCUT2D eigenvalue weighted by molar-refractivity contribution is -0.121. The number of hydrogen-bond donors (Lipinski definition) is 1. The van der Waals surface area contributed by atoms with Crippen LogP contribution in [0.25, 0.3) is 0 Å². The van der Waals surface area contributed by atoms with E-state index in [1.54, 1.807) is 7.05 Å². The maximum absolute atomic E-state index is 11.5. The highest BCUT2D eigenvalue weighted by atomic mass is 79.9. The Morgan fingerprint density at radius 2 is 1.87 bits per heavy atom. The van der Waals surface area contributed by atoms with Gasteiger partial charge in [0.25, 0.3) is 5.91 Å². The van der Waals surface area contributed by atoms with Crippen LogP contribution >= 0.6 is 15.9 Å². The van der Waals surface area contributed by atoms with Gasteiger partial charge >= 0.3 is 6.03 Å². The number of urea groups is 1. The summed E-state index contributed by atoms with van der Waals surface area (Å²) < 4.78 is 0.943. The summed E-state index contributed by atoms with van der Waals surface area (Å²) in [4.78, 5) is 24.1. The van der Waals surface area contributed by atoms with E-state index in [2.05, 4.69) is 21.2 Å². The van der Waals surface area contributed by atoms with Crippen molar-refractivity contribution in [2.45, 2.75) is 6.04 Å². The summed E-state index contributed by atoms with van der Waals surface area (Å²) >= 11 is 3.32. The third-order valence-corrected chi connectivity index (χ3v) is 2.90. The Morgan fingerprint density at radius 1 is 1.27 bits per heavy atom. The first-order valence-corrected chi connectivity index (χ1v) is 5.22. The van der Waals surface area contributed by atoms with Crippen molar-refractivity contribution in [1.82, 2.24) is 10.2 Å². The van der Waals surface area contributed by atoms with Gasteiger partial charge in [-0.3, -0.25) is 10.1 Å². The molecule has 3 amide bonds. The molecule has 1 aromatic carbocycles. The van der Waals surface area contributed by atoms with Crippen molar-refractivity contribution in [2.24, 2.45) is 0 Å². The number of imide groups is 1. The molecule has 1 heterocycles. The van der Waals surface area contributed by atoms with Gasteiger partial charge in [-0.2, -0.15) is 0 Å². The Balaban J connectivity index is 2.34. The Hall–Kier alpha value is -1.36. The molecular formula is C10H9BrN2O2. The predicted octanol–water partition coefficient (Wildman–Crippen LogP) is 1.67. The highest BCUT2D eigenvalue weighted by molar-refractivity contribution is 9.10. The Bertz CT molecular complexity index is 416. The lowest BCUT2D eigenvalue weighted by Gasteiger charge is -2.16. The number of benzene rings is 1. The summed E-state index contributed by atoms with van der Waals surface area (Å²) in [5.41, 5.74) is 0.809. The van der Waals surface area contributed by atoms with E-state index in [9.17, 15) is 9.59 Å². The normalized spacial score (nSPS) is 20.7. The monoisotopic (exact) mass is 268 g/mol. The standard InChI is InChI=1S/C10H9BrN2O2/c1-13-8(9(14)12-10(13)15)6-2-4-7(11)5-3-6/h2-5,8H,1H3,(H,12,14,15). The number of rotatable bonds is 1. The van der Waals surface area contributed by atoms with E-state index in [1.807, 2.05) is 24.3 Å². The molecule has 0 aromatic heterocycles. The van der Waals surface area contributed by atoms with Crippen LogP contribution in [-0.2, 0) is 4.79 Å². The van der Waals surface area contributed by atoms with Crippen LogP contribution in [0.15, 0.2) is 28.7 Å². The number of carbonyl (C=O) groups is 2. The minimum atomic E-state index is -0.509. The topological polar surface area (TPSA) is 49.4 Å². The molecule has 0 saturated carbocycles. The molecule has 1 atom stereocenters. The van der Waals surface area contributed by atoms with Crippen LogP contribution in [0, 0.1) is 0 Å². The lowest BCUT2D eigenvalue weighted by atomic mass is 10.1. The Morgan fingerprint density at radius 3 is 2.33 bits per heavy atom. The first-order chi connectivity index (χ1) is 7.09. The van der Waals surface area contributed by atoms with Gasteiger partial charge in [-0.15, -0.1) is 0 Å². The smallest absolute Gasteiger partial charge is 0.311 e. The van der Waals surface area contributed by atoms with Crippen LogP contribution < -0.4 is 5.32 Å². The summed E-state index contributed by atoms with van der Waals surface area (Å²) in [6, 6.07) is 6.48. The van der Waals surface area contributed by atoms with Gasteiger partial charge in [-0.05, 0) is 17.7 Å². The van der Waals surface area contributed by atoms with Crippen molar-refractivity contribution < 1.29 is 9.59 Å². The van der Waals surface area contributed by atoms with Crippen molar-refractivity contribution in [3.05, 3.63) is 34.3 Å². The molecule has 4 nitrogen and oxygen atoms in total. The molecule has 2 rings (SSSR count). The first-order valence-electron chi connectivity index (χ1n) is 4.42. The van der Waals surface area contributed by atoms with Gasteiger partial charge in [0.1, 0.15) is 6.04 Å². The summed E-state index contributed by atoms with van der Waals surface area (Å²) in [7, 11) is 1.60. The summed E-state index contributed by atoms with van der Waals surface area (Å²) in [6.45, 7) is 0. The van der Waals surface area contributed by atoms with E-state index in [-0.39, 0.29) is 11.9 Å². The molecule has 1 fully saturated rings.